The maximum absolute atomic E-state index is 13.6. The molecule has 2 heterocycles. The Balaban J connectivity index is 1.57. The molecule has 0 unspecified atom stereocenters. The Kier molecular flexibility index (Phi) is 5.73. The van der Waals surface area contributed by atoms with Crippen molar-refractivity contribution in [2.75, 3.05) is 16.4 Å². The Morgan fingerprint density at radius 3 is 2.75 bits per heavy atom. The lowest BCUT2D eigenvalue weighted by molar-refractivity contribution is -0.118. The number of anilines is 1. The number of halogens is 2. The zero-order chi connectivity index (χ0) is 19.9. The molecule has 3 fully saturated rings. The summed E-state index contributed by atoms with van der Waals surface area (Å²) in [6.45, 7) is 0. The Hall–Kier alpha value is -1.12. The van der Waals surface area contributed by atoms with E-state index in [4.69, 9.17) is 11.6 Å². The van der Waals surface area contributed by atoms with E-state index in [1.54, 1.807) is 11.0 Å². The van der Waals surface area contributed by atoms with Crippen molar-refractivity contribution in [2.24, 2.45) is 10.9 Å². The van der Waals surface area contributed by atoms with Gasteiger partial charge in [0.1, 0.15) is 5.82 Å². The van der Waals surface area contributed by atoms with Crippen molar-refractivity contribution in [3.63, 3.8) is 0 Å². The fourth-order valence-corrected chi connectivity index (χ4v) is 8.40. The van der Waals surface area contributed by atoms with Crippen LogP contribution in [0.1, 0.15) is 38.5 Å². The number of rotatable bonds is 4. The van der Waals surface area contributed by atoms with Crippen LogP contribution in [0.4, 0.5) is 10.1 Å². The minimum Gasteiger partial charge on any atom is -0.316 e. The summed E-state index contributed by atoms with van der Waals surface area (Å²) in [5.41, 5.74) is 0.561. The van der Waals surface area contributed by atoms with Gasteiger partial charge < -0.3 is 4.90 Å². The maximum atomic E-state index is 13.6. The molecule has 2 saturated heterocycles. The number of benzene rings is 1. The Morgan fingerprint density at radius 2 is 2.04 bits per heavy atom. The number of thioether (sulfide) groups is 1. The van der Waals surface area contributed by atoms with Crippen LogP contribution in [0.2, 0.25) is 5.02 Å². The normalized spacial score (nSPS) is 28.2. The van der Waals surface area contributed by atoms with Crippen LogP contribution in [0.25, 0.3) is 0 Å². The Bertz CT molecular complexity index is 916. The second-order valence-electron chi connectivity index (χ2n) is 7.75. The molecule has 3 aliphatic rings. The summed E-state index contributed by atoms with van der Waals surface area (Å²) < 4.78 is 37.8. The highest BCUT2D eigenvalue weighted by Crippen LogP contribution is 2.41. The highest BCUT2D eigenvalue weighted by molar-refractivity contribution is 8.16. The fraction of sp³-hybridized carbons (Fsp3) is 0.579. The number of aliphatic imine (C=N–C) groups is 1. The highest BCUT2D eigenvalue weighted by atomic mass is 35.5. The topological polar surface area (TPSA) is 66.8 Å². The summed E-state index contributed by atoms with van der Waals surface area (Å²) >= 11 is 7.26. The van der Waals surface area contributed by atoms with E-state index < -0.39 is 15.7 Å². The van der Waals surface area contributed by atoms with Crippen LogP contribution in [0.5, 0.6) is 0 Å². The van der Waals surface area contributed by atoms with Crippen molar-refractivity contribution < 1.29 is 17.6 Å². The van der Waals surface area contributed by atoms with Gasteiger partial charge >= 0.3 is 0 Å². The van der Waals surface area contributed by atoms with E-state index in [1.165, 1.54) is 49.6 Å². The van der Waals surface area contributed by atoms with Gasteiger partial charge in [-0.15, -0.1) is 0 Å². The summed E-state index contributed by atoms with van der Waals surface area (Å²) in [6, 6.07) is 3.94. The number of hydrogen-bond donors (Lipinski definition) is 0. The molecule has 0 radical (unpaired) electrons. The zero-order valence-electron chi connectivity index (χ0n) is 15.3. The summed E-state index contributed by atoms with van der Waals surface area (Å²) in [5, 5.41) is 0.262. The molecule has 5 nitrogen and oxygen atoms in total. The van der Waals surface area contributed by atoms with E-state index in [2.05, 4.69) is 4.99 Å². The molecule has 1 aromatic carbocycles. The van der Waals surface area contributed by atoms with Crippen molar-refractivity contribution in [2.45, 2.75) is 49.8 Å². The average Bonchev–Trinajstić information content (AvgIpc) is 3.30. The Labute approximate surface area is 173 Å². The number of nitrogens with zero attached hydrogens (tertiary/aromatic N) is 2. The van der Waals surface area contributed by atoms with Gasteiger partial charge in [-0.3, -0.25) is 4.79 Å². The van der Waals surface area contributed by atoms with Crippen LogP contribution in [0.3, 0.4) is 0 Å². The van der Waals surface area contributed by atoms with Crippen LogP contribution in [0, 0.1) is 11.7 Å². The van der Waals surface area contributed by atoms with Gasteiger partial charge in [-0.05, 0) is 30.5 Å². The predicted molar refractivity (Wildman–Crippen MR) is 111 cm³/mol. The molecule has 0 N–H and O–H groups in total. The summed E-state index contributed by atoms with van der Waals surface area (Å²) in [7, 11) is -3.15. The molecule has 152 valence electrons. The van der Waals surface area contributed by atoms with Crippen LogP contribution in [0.15, 0.2) is 23.2 Å². The molecule has 1 saturated carbocycles. The van der Waals surface area contributed by atoms with Gasteiger partial charge in [-0.25, -0.2) is 12.8 Å². The SMILES string of the molecule is O=C(CCC1CCCC1)N=C1S[C@H]2CS(=O)(=O)C[C@H]2N1c1ccc(F)c(Cl)c1. The molecule has 9 heteroatoms. The van der Waals surface area contributed by atoms with Crippen molar-refractivity contribution in [3.05, 3.63) is 29.0 Å². The molecule has 0 bridgehead atoms. The Morgan fingerprint density at radius 1 is 1.29 bits per heavy atom. The number of amides is 1. The van der Waals surface area contributed by atoms with E-state index >= 15 is 0 Å². The van der Waals surface area contributed by atoms with Crippen molar-refractivity contribution in [3.8, 4) is 0 Å². The quantitative estimate of drug-likeness (QED) is 0.700. The summed E-state index contributed by atoms with van der Waals surface area (Å²) in [5.74, 6) is -0.0656. The van der Waals surface area contributed by atoms with Crippen LogP contribution in [-0.2, 0) is 14.6 Å². The molecule has 2 atom stereocenters. The standard InChI is InChI=1S/C19H22ClFN2O3S2/c20-14-9-13(6-7-15(14)21)23-16-10-28(25,26)11-17(16)27-19(23)22-18(24)8-5-12-3-1-2-4-12/h6-7,9,12,16-17H,1-5,8,10-11H2/t16-,17+/m1/s1. The molecule has 4 rings (SSSR count). The van der Waals surface area contributed by atoms with Gasteiger partial charge in [-0.2, -0.15) is 4.99 Å². The van der Waals surface area contributed by atoms with Crippen molar-refractivity contribution in [1.82, 2.24) is 0 Å². The smallest absolute Gasteiger partial charge is 0.248 e. The van der Waals surface area contributed by atoms with E-state index in [0.29, 0.717) is 23.2 Å². The van der Waals surface area contributed by atoms with Crippen LogP contribution in [-0.4, -0.2) is 42.3 Å². The van der Waals surface area contributed by atoms with Crippen molar-refractivity contribution in [1.29, 1.82) is 0 Å². The monoisotopic (exact) mass is 444 g/mol. The average molecular weight is 445 g/mol. The first-order valence-electron chi connectivity index (χ1n) is 9.55. The molecule has 0 spiro atoms. The van der Waals surface area contributed by atoms with E-state index in [0.717, 1.165) is 6.42 Å². The third-order valence-corrected chi connectivity index (χ3v) is 9.21. The third kappa shape index (κ3) is 4.24. The third-order valence-electron chi connectivity index (χ3n) is 5.71. The fourth-order valence-electron chi connectivity index (χ4n) is 4.29. The van der Waals surface area contributed by atoms with E-state index in [-0.39, 0.29) is 33.7 Å². The molecule has 1 aromatic rings. The highest BCUT2D eigenvalue weighted by Gasteiger charge is 2.49. The first-order valence-corrected chi connectivity index (χ1v) is 12.6. The molecule has 1 amide bonds. The van der Waals surface area contributed by atoms with Crippen molar-refractivity contribution >= 4 is 50.0 Å². The van der Waals surface area contributed by atoms with Crippen LogP contribution >= 0.6 is 23.4 Å². The maximum Gasteiger partial charge on any atom is 0.248 e. The number of hydrogen-bond acceptors (Lipinski definition) is 4. The molecule has 28 heavy (non-hydrogen) atoms. The summed E-state index contributed by atoms with van der Waals surface area (Å²) in [4.78, 5) is 18.5. The second-order valence-corrected chi connectivity index (χ2v) is 11.5. The van der Waals surface area contributed by atoms with Gasteiger partial charge in [0, 0.05) is 17.4 Å². The van der Waals surface area contributed by atoms with Gasteiger partial charge in [-0.1, -0.05) is 49.0 Å². The molecule has 1 aliphatic carbocycles. The van der Waals surface area contributed by atoms with Gasteiger partial charge in [0.2, 0.25) is 5.91 Å². The first kappa shape index (κ1) is 20.2. The lowest BCUT2D eigenvalue weighted by Gasteiger charge is -2.24. The number of fused-ring (bicyclic) bond motifs is 1. The first-order chi connectivity index (χ1) is 13.3. The number of carbonyl (C=O) groups excluding carboxylic acids is 1. The lowest BCUT2D eigenvalue weighted by Crippen LogP contribution is -2.37. The number of carbonyl (C=O) groups is 1. The number of amidine groups is 1. The van der Waals surface area contributed by atoms with Crippen LogP contribution < -0.4 is 4.90 Å². The van der Waals surface area contributed by atoms with Gasteiger partial charge in [0.25, 0.3) is 0 Å². The predicted octanol–water partition coefficient (Wildman–Crippen LogP) is 4.05. The van der Waals surface area contributed by atoms with E-state index in [9.17, 15) is 17.6 Å². The minimum atomic E-state index is -3.15. The van der Waals surface area contributed by atoms with Gasteiger partial charge in [0.05, 0.1) is 22.6 Å². The lowest BCUT2D eigenvalue weighted by atomic mass is 10.0. The van der Waals surface area contributed by atoms with E-state index in [1.807, 2.05) is 0 Å². The largest absolute Gasteiger partial charge is 0.316 e. The summed E-state index contributed by atoms with van der Waals surface area (Å²) in [6.07, 6.45) is 6.09. The molecular weight excluding hydrogens is 423 g/mol. The van der Waals surface area contributed by atoms with Gasteiger partial charge in [0.15, 0.2) is 15.0 Å². The molecule has 0 aromatic heterocycles. The minimum absolute atomic E-state index is 0.00501. The molecular formula is C19H22ClFN2O3S2. The second kappa shape index (κ2) is 7.95. The zero-order valence-corrected chi connectivity index (χ0v) is 17.7. The number of sulfone groups is 1. The molecule has 2 aliphatic heterocycles.